The molecule has 1 atom stereocenters. The molecule has 0 bridgehead atoms. The number of hydrogen-bond acceptors (Lipinski definition) is 0. The van der Waals surface area contributed by atoms with Crippen molar-refractivity contribution in [3.05, 3.63) is 77.9 Å². The SMILES string of the molecule is C=CC(=C/CBr)/C(CC(C)(CC=CC)I(C)Cl)=C(\C)c1ccccc1. The fraction of sp³-hybridized carbons (Fsp3) is 0.364. The normalized spacial score (nSPS) is 16.4. The Balaban J connectivity index is 3.46. The number of allylic oxidation sites excluding steroid dienone is 7. The van der Waals surface area contributed by atoms with Gasteiger partial charge in [-0.2, -0.15) is 0 Å². The summed E-state index contributed by atoms with van der Waals surface area (Å²) in [7, 11) is 6.79. The number of benzene rings is 1. The minimum atomic E-state index is -1.57. The summed E-state index contributed by atoms with van der Waals surface area (Å²) in [6.45, 7) is 10.7. The van der Waals surface area contributed by atoms with E-state index in [0.29, 0.717) is 0 Å². The average Bonchev–Trinajstić information content (AvgIpc) is 2.62. The van der Waals surface area contributed by atoms with Crippen molar-refractivity contribution in [2.75, 3.05) is 10.3 Å². The molecule has 0 saturated carbocycles. The van der Waals surface area contributed by atoms with Gasteiger partial charge < -0.3 is 0 Å². The quantitative estimate of drug-likeness (QED) is 0.129. The van der Waals surface area contributed by atoms with Crippen molar-refractivity contribution in [2.24, 2.45) is 0 Å². The van der Waals surface area contributed by atoms with Crippen LogP contribution in [-0.2, 0) is 0 Å². The molecule has 0 fully saturated rings. The zero-order valence-corrected chi connectivity index (χ0v) is 20.2. The Morgan fingerprint density at radius 1 is 1.32 bits per heavy atom. The summed E-state index contributed by atoms with van der Waals surface area (Å²) >= 11 is 1.97. The van der Waals surface area contributed by atoms with Crippen LogP contribution in [0.1, 0.15) is 39.2 Å². The Labute approximate surface area is 173 Å². The zero-order valence-electron chi connectivity index (χ0n) is 15.7. The van der Waals surface area contributed by atoms with Crippen LogP contribution in [-0.4, -0.2) is 13.7 Å². The molecule has 0 aliphatic heterocycles. The summed E-state index contributed by atoms with van der Waals surface area (Å²) in [6.07, 6.45) is 10.6. The van der Waals surface area contributed by atoms with Crippen molar-refractivity contribution in [3.63, 3.8) is 0 Å². The van der Waals surface area contributed by atoms with E-state index in [9.17, 15) is 0 Å². The maximum atomic E-state index is 6.79. The molecule has 1 aromatic rings. The van der Waals surface area contributed by atoms with Gasteiger partial charge in [-0.15, -0.1) is 0 Å². The molecule has 1 unspecified atom stereocenters. The van der Waals surface area contributed by atoms with Gasteiger partial charge in [0.2, 0.25) is 0 Å². The molecule has 3 heteroatoms. The van der Waals surface area contributed by atoms with Crippen LogP contribution in [0, 0.1) is 0 Å². The molecule has 0 saturated heterocycles. The Morgan fingerprint density at radius 2 is 1.96 bits per heavy atom. The first-order chi connectivity index (χ1) is 11.9. The van der Waals surface area contributed by atoms with E-state index in [0.717, 1.165) is 18.2 Å². The first-order valence-corrected chi connectivity index (χ1v) is 15.5. The van der Waals surface area contributed by atoms with Gasteiger partial charge in [0.15, 0.2) is 0 Å². The Hall–Kier alpha value is -0.320. The van der Waals surface area contributed by atoms with E-state index in [1.165, 1.54) is 22.3 Å². The molecule has 0 amide bonds. The summed E-state index contributed by atoms with van der Waals surface area (Å²) in [5.74, 6) is 0. The van der Waals surface area contributed by atoms with Gasteiger partial charge in [0.1, 0.15) is 0 Å². The first-order valence-electron chi connectivity index (χ1n) is 8.41. The van der Waals surface area contributed by atoms with Crippen LogP contribution in [0.3, 0.4) is 0 Å². The molecule has 0 spiro atoms. The van der Waals surface area contributed by atoms with Gasteiger partial charge >= 0.3 is 174 Å². The van der Waals surface area contributed by atoms with Crippen molar-refractivity contribution < 1.29 is 0 Å². The third-order valence-electron chi connectivity index (χ3n) is 4.48. The number of halogens is 3. The van der Waals surface area contributed by atoms with Crippen LogP contribution in [0.15, 0.2) is 72.4 Å². The van der Waals surface area contributed by atoms with Crippen LogP contribution < -0.4 is 0 Å². The zero-order chi connectivity index (χ0) is 18.9. The second kappa shape index (κ2) is 11.4. The summed E-state index contributed by atoms with van der Waals surface area (Å²) in [5, 5.41) is 0.820. The molecule has 0 N–H and O–H groups in total. The van der Waals surface area contributed by atoms with Crippen molar-refractivity contribution >= 4 is 49.1 Å². The monoisotopic (exact) mass is 534 g/mol. The van der Waals surface area contributed by atoms with Crippen LogP contribution >= 0.6 is 43.5 Å². The van der Waals surface area contributed by atoms with Gasteiger partial charge in [-0.25, -0.2) is 0 Å². The molecule has 0 aliphatic rings. The number of rotatable bonds is 9. The minimum absolute atomic E-state index is 0.137. The third kappa shape index (κ3) is 6.73. The topological polar surface area (TPSA) is 0 Å². The maximum absolute atomic E-state index is 6.79. The van der Waals surface area contributed by atoms with E-state index in [2.05, 4.69) is 96.8 Å². The Kier molecular flexibility index (Phi) is 10.4. The second-order valence-electron chi connectivity index (χ2n) is 6.25. The van der Waals surface area contributed by atoms with Gasteiger partial charge in [-0.05, 0) is 0 Å². The second-order valence-corrected chi connectivity index (χ2v) is 14.7. The van der Waals surface area contributed by atoms with Gasteiger partial charge in [0, 0.05) is 0 Å². The molecule has 1 aromatic carbocycles. The summed E-state index contributed by atoms with van der Waals surface area (Å²) in [6, 6.07) is 10.6. The molecule has 0 aromatic heterocycles. The molecule has 0 heterocycles. The van der Waals surface area contributed by atoms with Crippen LogP contribution in [0.25, 0.3) is 5.57 Å². The van der Waals surface area contributed by atoms with Crippen molar-refractivity contribution in [1.29, 1.82) is 0 Å². The van der Waals surface area contributed by atoms with Crippen molar-refractivity contribution in [3.8, 4) is 0 Å². The molecule has 1 rings (SSSR count). The van der Waals surface area contributed by atoms with Gasteiger partial charge in [0.25, 0.3) is 0 Å². The summed E-state index contributed by atoms with van der Waals surface area (Å²) < 4.78 is 0.137. The molecule has 0 nitrogen and oxygen atoms in total. The van der Waals surface area contributed by atoms with E-state index in [1.807, 2.05) is 6.08 Å². The van der Waals surface area contributed by atoms with E-state index in [-0.39, 0.29) is 3.42 Å². The standard InChI is InChI=1S/C22H29BrClI/c1-6-8-15-22(4,25(5)24)17-21(19(7-2)14-16-23)18(3)20-12-10-9-11-13-20/h6-14H,2,15-17H2,1,3-5H3/b8-6?,19-14-,21-18+. The van der Waals surface area contributed by atoms with E-state index >= 15 is 0 Å². The summed E-state index contributed by atoms with van der Waals surface area (Å²) in [5.41, 5.74) is 5.14. The molecule has 0 aliphatic carbocycles. The van der Waals surface area contributed by atoms with Gasteiger partial charge in [0.05, 0.1) is 0 Å². The molecule has 25 heavy (non-hydrogen) atoms. The van der Waals surface area contributed by atoms with Crippen LogP contribution in [0.2, 0.25) is 0 Å². The van der Waals surface area contributed by atoms with Crippen LogP contribution in [0.5, 0.6) is 0 Å². The molecule has 0 radical (unpaired) electrons. The Morgan fingerprint density at radius 3 is 2.44 bits per heavy atom. The molecular weight excluding hydrogens is 507 g/mol. The molecular formula is C22H29BrClI. The van der Waals surface area contributed by atoms with Crippen molar-refractivity contribution in [1.82, 2.24) is 0 Å². The summed E-state index contributed by atoms with van der Waals surface area (Å²) in [4.78, 5) is 2.26. The van der Waals surface area contributed by atoms with E-state index in [4.69, 9.17) is 8.91 Å². The average molecular weight is 536 g/mol. The fourth-order valence-electron chi connectivity index (χ4n) is 2.73. The number of alkyl halides is 3. The van der Waals surface area contributed by atoms with Gasteiger partial charge in [-0.1, -0.05) is 0 Å². The first kappa shape index (κ1) is 22.7. The predicted octanol–water partition coefficient (Wildman–Crippen LogP) is 8.37. The number of hydrogen-bond donors (Lipinski definition) is 0. The molecule has 138 valence electrons. The van der Waals surface area contributed by atoms with Crippen LogP contribution in [0.4, 0.5) is 0 Å². The van der Waals surface area contributed by atoms with Crippen molar-refractivity contribution in [2.45, 2.75) is 37.0 Å². The predicted molar refractivity (Wildman–Crippen MR) is 129 cm³/mol. The van der Waals surface area contributed by atoms with E-state index in [1.54, 1.807) is 0 Å². The van der Waals surface area contributed by atoms with Gasteiger partial charge in [-0.3, -0.25) is 0 Å². The fourth-order valence-corrected chi connectivity index (χ4v) is 5.58. The third-order valence-corrected chi connectivity index (χ3v) is 11.5. The van der Waals surface area contributed by atoms with E-state index < -0.39 is 18.7 Å². The Bertz CT molecular complexity index is 643.